The molecular weight excluding hydrogens is 152 g/mol. The third kappa shape index (κ3) is 2.66. The Labute approximate surface area is 74.0 Å². The third-order valence-corrected chi connectivity index (χ3v) is 1.82. The normalized spacial score (nSPS) is 12.1. The van der Waals surface area contributed by atoms with Crippen LogP contribution in [-0.2, 0) is 4.79 Å². The van der Waals surface area contributed by atoms with Gasteiger partial charge in [0.05, 0.1) is 0 Å². The van der Waals surface area contributed by atoms with Crippen molar-refractivity contribution in [2.75, 3.05) is 7.05 Å². The number of amides is 1. The van der Waals surface area contributed by atoms with E-state index in [1.54, 1.807) is 7.05 Å². The average Bonchev–Trinajstić information content (AvgIpc) is 2.03. The molecule has 3 nitrogen and oxygen atoms in total. The summed E-state index contributed by atoms with van der Waals surface area (Å²) in [5, 5.41) is 2.58. The van der Waals surface area contributed by atoms with Gasteiger partial charge < -0.3 is 11.1 Å². The molecule has 0 aliphatic carbocycles. The zero-order valence-corrected chi connectivity index (χ0v) is 8.27. The fraction of sp³-hybridized carbons (Fsp3) is 0.667. The quantitative estimate of drug-likeness (QED) is 0.616. The number of likely N-dealkylation sites (N-methyl/N-ethyl adjacent to an activating group) is 1. The van der Waals surface area contributed by atoms with Gasteiger partial charge in [-0.15, -0.1) is 0 Å². The van der Waals surface area contributed by atoms with Gasteiger partial charge in [0.1, 0.15) is 0 Å². The zero-order valence-electron chi connectivity index (χ0n) is 8.27. The van der Waals surface area contributed by atoms with Crippen molar-refractivity contribution >= 4 is 5.91 Å². The molecule has 0 aliphatic rings. The van der Waals surface area contributed by atoms with Crippen LogP contribution in [0.5, 0.6) is 0 Å². The van der Waals surface area contributed by atoms with Crippen LogP contribution in [0.2, 0.25) is 0 Å². The molecular formula is C9H18N2O. The molecule has 0 aromatic heterocycles. The van der Waals surface area contributed by atoms with E-state index in [1.165, 1.54) is 0 Å². The second-order valence-corrected chi connectivity index (χ2v) is 3.01. The number of carbonyl (C=O) groups is 1. The SMILES string of the molecule is CCC(N)C(C(=O)NC)=C(C)C. The second-order valence-electron chi connectivity index (χ2n) is 3.01. The molecule has 0 saturated heterocycles. The van der Waals surface area contributed by atoms with E-state index in [0.717, 1.165) is 12.0 Å². The van der Waals surface area contributed by atoms with Gasteiger partial charge in [-0.05, 0) is 20.3 Å². The van der Waals surface area contributed by atoms with Crippen molar-refractivity contribution in [3.8, 4) is 0 Å². The zero-order chi connectivity index (χ0) is 9.72. The fourth-order valence-electron chi connectivity index (χ4n) is 1.11. The van der Waals surface area contributed by atoms with Crippen molar-refractivity contribution in [3.05, 3.63) is 11.1 Å². The van der Waals surface area contributed by atoms with Crippen molar-refractivity contribution in [2.45, 2.75) is 33.2 Å². The molecule has 0 aromatic rings. The van der Waals surface area contributed by atoms with Crippen LogP contribution in [0.25, 0.3) is 0 Å². The highest BCUT2D eigenvalue weighted by Crippen LogP contribution is 2.09. The van der Waals surface area contributed by atoms with E-state index in [4.69, 9.17) is 5.73 Å². The third-order valence-electron chi connectivity index (χ3n) is 1.82. The summed E-state index contributed by atoms with van der Waals surface area (Å²) in [7, 11) is 1.62. The maximum absolute atomic E-state index is 11.3. The van der Waals surface area contributed by atoms with E-state index in [1.807, 2.05) is 20.8 Å². The predicted octanol–water partition coefficient (Wildman–Crippen LogP) is 0.806. The van der Waals surface area contributed by atoms with Gasteiger partial charge in [-0.2, -0.15) is 0 Å². The van der Waals surface area contributed by atoms with Gasteiger partial charge in [-0.3, -0.25) is 4.79 Å². The highest BCUT2D eigenvalue weighted by molar-refractivity contribution is 5.95. The molecule has 0 radical (unpaired) electrons. The molecule has 1 unspecified atom stereocenters. The summed E-state index contributed by atoms with van der Waals surface area (Å²) in [6.07, 6.45) is 0.786. The lowest BCUT2D eigenvalue weighted by Crippen LogP contribution is -2.33. The molecule has 0 rings (SSSR count). The minimum atomic E-state index is -0.144. The predicted molar refractivity (Wildman–Crippen MR) is 50.7 cm³/mol. The monoisotopic (exact) mass is 170 g/mol. The van der Waals surface area contributed by atoms with Gasteiger partial charge in [-0.25, -0.2) is 0 Å². The van der Waals surface area contributed by atoms with Crippen molar-refractivity contribution in [3.63, 3.8) is 0 Å². The molecule has 1 atom stereocenters. The first-order valence-electron chi connectivity index (χ1n) is 4.19. The molecule has 0 aliphatic heterocycles. The molecule has 3 heteroatoms. The number of allylic oxidation sites excluding steroid dienone is 1. The van der Waals surface area contributed by atoms with E-state index >= 15 is 0 Å². The number of rotatable bonds is 3. The first-order chi connectivity index (χ1) is 5.54. The van der Waals surface area contributed by atoms with Crippen LogP contribution >= 0.6 is 0 Å². The fourth-order valence-corrected chi connectivity index (χ4v) is 1.11. The minimum absolute atomic E-state index is 0.0654. The van der Waals surface area contributed by atoms with Crippen LogP contribution < -0.4 is 11.1 Å². The molecule has 0 bridgehead atoms. The number of carbonyl (C=O) groups excluding carboxylic acids is 1. The lowest BCUT2D eigenvalue weighted by atomic mass is 10.0. The summed E-state index contributed by atoms with van der Waals surface area (Å²) in [5.41, 5.74) is 7.47. The molecule has 70 valence electrons. The van der Waals surface area contributed by atoms with Crippen LogP contribution in [-0.4, -0.2) is 19.0 Å². The number of nitrogens with two attached hydrogens (primary N) is 1. The van der Waals surface area contributed by atoms with Crippen LogP contribution in [0.15, 0.2) is 11.1 Å². The minimum Gasteiger partial charge on any atom is -0.355 e. The Bertz CT molecular complexity index is 193. The molecule has 3 N–H and O–H groups in total. The topological polar surface area (TPSA) is 55.1 Å². The Morgan fingerprint density at radius 2 is 2.00 bits per heavy atom. The van der Waals surface area contributed by atoms with Crippen molar-refractivity contribution in [2.24, 2.45) is 5.73 Å². The highest BCUT2D eigenvalue weighted by Gasteiger charge is 2.15. The largest absolute Gasteiger partial charge is 0.355 e. The Balaban J connectivity index is 4.69. The van der Waals surface area contributed by atoms with E-state index in [9.17, 15) is 4.79 Å². The first-order valence-corrected chi connectivity index (χ1v) is 4.19. The summed E-state index contributed by atoms with van der Waals surface area (Å²) in [6.45, 7) is 5.77. The van der Waals surface area contributed by atoms with Crippen molar-refractivity contribution in [1.82, 2.24) is 5.32 Å². The average molecular weight is 170 g/mol. The second kappa shape index (κ2) is 4.93. The van der Waals surface area contributed by atoms with E-state index < -0.39 is 0 Å². The maximum atomic E-state index is 11.3. The summed E-state index contributed by atoms with van der Waals surface area (Å²) in [5.74, 6) is -0.0654. The Kier molecular flexibility index (Phi) is 4.59. The Hall–Kier alpha value is -0.830. The summed E-state index contributed by atoms with van der Waals surface area (Å²) in [4.78, 5) is 11.3. The van der Waals surface area contributed by atoms with E-state index in [2.05, 4.69) is 5.32 Å². The van der Waals surface area contributed by atoms with Gasteiger partial charge >= 0.3 is 0 Å². The molecule has 0 heterocycles. The summed E-state index contributed by atoms with van der Waals surface area (Å²) >= 11 is 0. The standard InChI is InChI=1S/C9H18N2O/c1-5-7(10)8(6(2)3)9(12)11-4/h7H,5,10H2,1-4H3,(H,11,12). The maximum Gasteiger partial charge on any atom is 0.248 e. The van der Waals surface area contributed by atoms with Gasteiger partial charge in [0.15, 0.2) is 0 Å². The highest BCUT2D eigenvalue weighted by atomic mass is 16.1. The van der Waals surface area contributed by atoms with Gasteiger partial charge in [-0.1, -0.05) is 12.5 Å². The molecule has 0 spiro atoms. The number of nitrogens with one attached hydrogen (secondary N) is 1. The van der Waals surface area contributed by atoms with Gasteiger partial charge in [0, 0.05) is 18.7 Å². The number of hydrogen-bond donors (Lipinski definition) is 2. The van der Waals surface area contributed by atoms with Gasteiger partial charge in [0.2, 0.25) is 5.91 Å². The van der Waals surface area contributed by atoms with Crippen LogP contribution in [0.3, 0.4) is 0 Å². The van der Waals surface area contributed by atoms with Crippen molar-refractivity contribution < 1.29 is 4.79 Å². The Morgan fingerprint density at radius 3 is 2.25 bits per heavy atom. The van der Waals surface area contributed by atoms with Crippen LogP contribution in [0, 0.1) is 0 Å². The van der Waals surface area contributed by atoms with Crippen molar-refractivity contribution in [1.29, 1.82) is 0 Å². The van der Waals surface area contributed by atoms with E-state index in [-0.39, 0.29) is 11.9 Å². The number of hydrogen-bond acceptors (Lipinski definition) is 2. The summed E-state index contributed by atoms with van der Waals surface area (Å²) < 4.78 is 0. The Morgan fingerprint density at radius 1 is 1.50 bits per heavy atom. The summed E-state index contributed by atoms with van der Waals surface area (Å²) in [6, 6.07) is -0.144. The first kappa shape index (κ1) is 11.2. The molecule has 1 amide bonds. The van der Waals surface area contributed by atoms with E-state index in [0.29, 0.717) is 5.57 Å². The smallest absolute Gasteiger partial charge is 0.248 e. The van der Waals surface area contributed by atoms with Gasteiger partial charge in [0.25, 0.3) is 0 Å². The molecule has 0 saturated carbocycles. The van der Waals surface area contributed by atoms with Crippen LogP contribution in [0.1, 0.15) is 27.2 Å². The van der Waals surface area contributed by atoms with Crippen LogP contribution in [0.4, 0.5) is 0 Å². The molecule has 0 aromatic carbocycles. The molecule has 0 fully saturated rings. The lowest BCUT2D eigenvalue weighted by Gasteiger charge is -2.14. The molecule has 12 heavy (non-hydrogen) atoms. The lowest BCUT2D eigenvalue weighted by molar-refractivity contribution is -0.117.